The lowest BCUT2D eigenvalue weighted by Crippen LogP contribution is -2.41. The Hall–Kier alpha value is -4.13. The molecule has 1 saturated heterocycles. The maximum atomic E-state index is 13.0. The van der Waals surface area contributed by atoms with Crippen molar-refractivity contribution in [1.82, 2.24) is 14.3 Å². The van der Waals surface area contributed by atoms with Crippen LogP contribution >= 0.6 is 0 Å². The van der Waals surface area contributed by atoms with Crippen molar-refractivity contribution in [3.63, 3.8) is 0 Å². The Labute approximate surface area is 204 Å². The predicted molar refractivity (Wildman–Crippen MR) is 134 cm³/mol. The molecule has 1 fully saturated rings. The zero-order valence-corrected chi connectivity index (χ0v) is 19.7. The summed E-state index contributed by atoms with van der Waals surface area (Å²) in [6.07, 6.45) is 5.25. The number of fused-ring (bicyclic) bond motifs is 1. The Morgan fingerprint density at radius 3 is 2.46 bits per heavy atom. The molecule has 2 aromatic carbocycles. The minimum Gasteiger partial charge on any atom is -0.487 e. The predicted octanol–water partition coefficient (Wildman–Crippen LogP) is 4.71. The number of pyridine rings is 1. The van der Waals surface area contributed by atoms with Crippen LogP contribution in [0.2, 0.25) is 0 Å². The zero-order valence-electron chi connectivity index (χ0n) is 19.7. The molecule has 35 heavy (non-hydrogen) atoms. The molecule has 7 nitrogen and oxygen atoms in total. The number of nitrogens with zero attached hydrogens (tertiary/aromatic N) is 3. The van der Waals surface area contributed by atoms with Crippen LogP contribution in [0.5, 0.6) is 5.75 Å². The first-order valence-electron chi connectivity index (χ1n) is 11.9. The van der Waals surface area contributed by atoms with E-state index in [0.717, 1.165) is 22.6 Å². The van der Waals surface area contributed by atoms with E-state index in [1.54, 1.807) is 12.1 Å². The van der Waals surface area contributed by atoms with Crippen molar-refractivity contribution in [2.24, 2.45) is 5.92 Å². The van der Waals surface area contributed by atoms with Crippen LogP contribution in [0.3, 0.4) is 0 Å². The van der Waals surface area contributed by atoms with E-state index in [-0.39, 0.29) is 17.7 Å². The van der Waals surface area contributed by atoms with Gasteiger partial charge in [0.15, 0.2) is 0 Å². The van der Waals surface area contributed by atoms with Crippen molar-refractivity contribution in [3.05, 3.63) is 95.9 Å². The summed E-state index contributed by atoms with van der Waals surface area (Å²) in [7, 11) is 0. The van der Waals surface area contributed by atoms with Gasteiger partial charge in [-0.25, -0.2) is 4.98 Å². The summed E-state index contributed by atoms with van der Waals surface area (Å²) in [6.45, 7) is 3.52. The highest BCUT2D eigenvalue weighted by atomic mass is 16.5. The van der Waals surface area contributed by atoms with Gasteiger partial charge < -0.3 is 19.4 Å². The fourth-order valence-electron chi connectivity index (χ4n) is 4.42. The Balaban J connectivity index is 1.13. The Kier molecular flexibility index (Phi) is 6.48. The third-order valence-corrected chi connectivity index (χ3v) is 6.41. The number of benzene rings is 2. The molecule has 2 amide bonds. The molecule has 3 heterocycles. The van der Waals surface area contributed by atoms with Gasteiger partial charge in [0.05, 0.1) is 5.69 Å². The largest absolute Gasteiger partial charge is 0.487 e. The number of piperidine rings is 1. The maximum Gasteiger partial charge on any atom is 0.253 e. The van der Waals surface area contributed by atoms with E-state index in [0.29, 0.717) is 43.9 Å². The highest BCUT2D eigenvalue weighted by molar-refractivity contribution is 5.95. The molecule has 178 valence electrons. The van der Waals surface area contributed by atoms with Crippen LogP contribution in [0, 0.1) is 12.8 Å². The third kappa shape index (κ3) is 5.19. The number of imidazole rings is 1. The molecule has 0 aliphatic carbocycles. The van der Waals surface area contributed by atoms with Crippen LogP contribution in [-0.4, -0.2) is 39.2 Å². The van der Waals surface area contributed by atoms with Gasteiger partial charge in [0.2, 0.25) is 5.91 Å². The number of hydrogen-bond acceptors (Lipinski definition) is 4. The minimum absolute atomic E-state index is 0.0190. The second-order valence-corrected chi connectivity index (χ2v) is 8.89. The summed E-state index contributed by atoms with van der Waals surface area (Å²) in [5, 5.41) is 2.97. The number of anilines is 1. The molecule has 0 atom stereocenters. The summed E-state index contributed by atoms with van der Waals surface area (Å²) in [6, 6.07) is 20.7. The van der Waals surface area contributed by atoms with Crippen LogP contribution < -0.4 is 10.1 Å². The van der Waals surface area contributed by atoms with E-state index in [2.05, 4.69) is 10.3 Å². The molecule has 0 unspecified atom stereocenters. The number of carbonyl (C=O) groups is 2. The van der Waals surface area contributed by atoms with Crippen molar-refractivity contribution in [2.45, 2.75) is 26.4 Å². The van der Waals surface area contributed by atoms with Gasteiger partial charge in [0, 0.05) is 42.7 Å². The number of aryl methyl sites for hydroxylation is 1. The molecule has 0 bridgehead atoms. The molecule has 0 radical (unpaired) electrons. The van der Waals surface area contributed by atoms with Gasteiger partial charge in [-0.05, 0) is 67.8 Å². The van der Waals surface area contributed by atoms with Crippen molar-refractivity contribution < 1.29 is 14.3 Å². The maximum absolute atomic E-state index is 13.0. The number of carbonyl (C=O) groups excluding carboxylic acids is 2. The molecule has 2 aromatic heterocycles. The van der Waals surface area contributed by atoms with E-state index in [1.165, 1.54) is 0 Å². The normalized spacial score (nSPS) is 14.1. The third-order valence-electron chi connectivity index (χ3n) is 6.41. The Morgan fingerprint density at radius 2 is 1.74 bits per heavy atom. The topological polar surface area (TPSA) is 75.9 Å². The highest BCUT2D eigenvalue weighted by Crippen LogP contribution is 2.22. The first-order valence-corrected chi connectivity index (χ1v) is 11.9. The number of aromatic nitrogens is 2. The molecule has 5 rings (SSSR count). The van der Waals surface area contributed by atoms with Gasteiger partial charge in [-0.15, -0.1) is 0 Å². The second-order valence-electron chi connectivity index (χ2n) is 8.89. The Morgan fingerprint density at radius 1 is 1.00 bits per heavy atom. The average Bonchev–Trinajstić information content (AvgIpc) is 3.33. The molecular formula is C28H28N4O3. The highest BCUT2D eigenvalue weighted by Gasteiger charge is 2.28. The monoisotopic (exact) mass is 468 g/mol. The molecule has 7 heteroatoms. The summed E-state index contributed by atoms with van der Waals surface area (Å²) in [5.74, 6) is 0.602. The molecule has 1 N–H and O–H groups in total. The number of amides is 2. The summed E-state index contributed by atoms with van der Waals surface area (Å²) < 4.78 is 7.88. The molecule has 4 aromatic rings. The van der Waals surface area contributed by atoms with Crippen molar-refractivity contribution >= 4 is 23.1 Å². The number of ether oxygens (including phenoxy) is 1. The van der Waals surface area contributed by atoms with Crippen LogP contribution in [0.4, 0.5) is 5.69 Å². The fourth-order valence-corrected chi connectivity index (χ4v) is 4.42. The summed E-state index contributed by atoms with van der Waals surface area (Å²) in [5.41, 5.74) is 4.30. The Bertz CT molecular complexity index is 1320. The second kappa shape index (κ2) is 10.0. The number of rotatable bonds is 6. The first kappa shape index (κ1) is 22.7. The van der Waals surface area contributed by atoms with Crippen LogP contribution in [0.25, 0.3) is 5.65 Å². The van der Waals surface area contributed by atoms with E-state index < -0.39 is 0 Å². The number of hydrogen-bond donors (Lipinski definition) is 1. The summed E-state index contributed by atoms with van der Waals surface area (Å²) >= 11 is 0. The van der Waals surface area contributed by atoms with Gasteiger partial charge in [-0.3, -0.25) is 9.59 Å². The molecular weight excluding hydrogens is 440 g/mol. The molecule has 0 spiro atoms. The molecule has 1 aliphatic rings. The lowest BCUT2D eigenvalue weighted by molar-refractivity contribution is -0.121. The average molecular weight is 469 g/mol. The van der Waals surface area contributed by atoms with Gasteiger partial charge in [-0.2, -0.15) is 0 Å². The summed E-state index contributed by atoms with van der Waals surface area (Å²) in [4.78, 5) is 32.0. The first-order chi connectivity index (χ1) is 17.1. The number of likely N-dealkylation sites (tertiary alicyclic amines) is 1. The van der Waals surface area contributed by atoms with Crippen LogP contribution in [0.15, 0.2) is 79.1 Å². The molecule has 0 saturated carbocycles. The molecule has 1 aliphatic heterocycles. The van der Waals surface area contributed by atoms with E-state index in [4.69, 9.17) is 4.74 Å². The smallest absolute Gasteiger partial charge is 0.253 e. The SMILES string of the molecule is Cc1cccn2cc(COc3ccc(C(=O)N4CCC(C(=O)Nc5ccccc5)CC4)cc3)nc12. The van der Waals surface area contributed by atoms with E-state index >= 15 is 0 Å². The zero-order chi connectivity index (χ0) is 24.2. The van der Waals surface area contributed by atoms with Gasteiger partial charge in [0.25, 0.3) is 5.91 Å². The number of nitrogens with one attached hydrogen (secondary N) is 1. The van der Waals surface area contributed by atoms with Crippen LogP contribution in [0.1, 0.15) is 34.5 Å². The van der Waals surface area contributed by atoms with Gasteiger partial charge in [-0.1, -0.05) is 24.3 Å². The van der Waals surface area contributed by atoms with Gasteiger partial charge in [0.1, 0.15) is 18.0 Å². The number of para-hydroxylation sites is 1. The van der Waals surface area contributed by atoms with E-state index in [1.807, 2.05) is 83.2 Å². The standard InChI is InChI=1S/C28H28N4O3/c1-20-6-5-15-32-18-24(29-26(20)32)19-35-25-11-9-22(10-12-25)28(34)31-16-13-21(14-17-31)27(33)30-23-7-3-2-4-8-23/h2-12,15,18,21H,13-14,16-17,19H2,1H3,(H,30,33). The van der Waals surface area contributed by atoms with Crippen molar-refractivity contribution in [1.29, 1.82) is 0 Å². The fraction of sp³-hybridized carbons (Fsp3) is 0.250. The minimum atomic E-state index is -0.0848. The lowest BCUT2D eigenvalue weighted by Gasteiger charge is -2.31. The van der Waals surface area contributed by atoms with Crippen LogP contribution in [-0.2, 0) is 11.4 Å². The van der Waals surface area contributed by atoms with Crippen molar-refractivity contribution in [2.75, 3.05) is 18.4 Å². The quantitative estimate of drug-likeness (QED) is 0.445. The lowest BCUT2D eigenvalue weighted by atomic mass is 9.95. The van der Waals surface area contributed by atoms with E-state index in [9.17, 15) is 9.59 Å². The van der Waals surface area contributed by atoms with Crippen molar-refractivity contribution in [3.8, 4) is 5.75 Å². The van der Waals surface area contributed by atoms with Gasteiger partial charge >= 0.3 is 0 Å².